The number of esters is 2. The maximum Gasteiger partial charge on any atom is 0.472 e. The Labute approximate surface area is 350 Å². The predicted molar refractivity (Wildman–Crippen MR) is 230 cm³/mol. The predicted octanol–water partition coefficient (Wildman–Crippen LogP) is 9.53. The molecule has 5 N–H and O–H groups in total. The fourth-order valence-electron chi connectivity index (χ4n) is 6.97. The van der Waals surface area contributed by atoms with Crippen LogP contribution in [0.1, 0.15) is 174 Å². The number of aliphatic hydroxyl groups is 2. The maximum atomic E-state index is 12.6. The van der Waals surface area contributed by atoms with Crippen molar-refractivity contribution in [1.82, 2.24) is 0 Å². The van der Waals surface area contributed by atoms with Crippen molar-refractivity contribution in [2.45, 2.75) is 193 Å². The largest absolute Gasteiger partial charge is 0.472 e. The minimum absolute atomic E-state index is 0.0165. The summed E-state index contributed by atoms with van der Waals surface area (Å²) in [6.07, 6.45) is 32.1. The Hall–Kier alpha value is -2.18. The second-order valence-electron chi connectivity index (χ2n) is 15.7. The zero-order valence-electron chi connectivity index (χ0n) is 36.0. The van der Waals surface area contributed by atoms with Crippen molar-refractivity contribution < 1.29 is 52.6 Å². The number of phosphoric acid groups is 1. The molecule has 1 aliphatic rings. The molecular formula is C45H80NO11P. The average molecular weight is 842 g/mol. The molecule has 1 saturated carbocycles. The van der Waals surface area contributed by atoms with Crippen molar-refractivity contribution in [2.75, 3.05) is 26.4 Å². The highest BCUT2D eigenvalue weighted by molar-refractivity contribution is 7.47. The first-order valence-corrected chi connectivity index (χ1v) is 24.1. The van der Waals surface area contributed by atoms with Crippen LogP contribution in [0.25, 0.3) is 0 Å². The molecular weight excluding hydrogens is 761 g/mol. The van der Waals surface area contributed by atoms with Crippen LogP contribution in [0.5, 0.6) is 0 Å². The molecule has 0 radical (unpaired) electrons. The molecule has 0 bridgehead atoms. The van der Waals surface area contributed by atoms with E-state index in [1.165, 1.54) is 38.5 Å². The molecule has 0 spiro atoms. The van der Waals surface area contributed by atoms with Crippen molar-refractivity contribution in [3.63, 3.8) is 0 Å². The van der Waals surface area contributed by atoms with Crippen LogP contribution in [0.3, 0.4) is 0 Å². The van der Waals surface area contributed by atoms with E-state index in [0.717, 1.165) is 77.0 Å². The number of aliphatic hydroxyl groups excluding tert-OH is 2. The van der Waals surface area contributed by atoms with Gasteiger partial charge in [0.1, 0.15) is 12.4 Å². The maximum absolute atomic E-state index is 12.6. The Morgan fingerprint density at radius 2 is 1.38 bits per heavy atom. The van der Waals surface area contributed by atoms with Gasteiger partial charge in [-0.3, -0.25) is 23.4 Å². The van der Waals surface area contributed by atoms with E-state index in [-0.39, 0.29) is 56.6 Å². The molecule has 0 aromatic carbocycles. The zero-order chi connectivity index (χ0) is 42.7. The molecule has 1 rings (SSSR count). The van der Waals surface area contributed by atoms with E-state index in [4.69, 9.17) is 24.3 Å². The third-order valence-electron chi connectivity index (χ3n) is 10.4. The fraction of sp³-hybridized carbons (Fsp3) is 0.800. The van der Waals surface area contributed by atoms with Crippen molar-refractivity contribution in [1.29, 1.82) is 0 Å². The molecule has 1 aliphatic carbocycles. The number of hydrogen-bond acceptors (Lipinski definition) is 11. The Bertz CT molecular complexity index is 1210. The topological polar surface area (TPSA) is 192 Å². The standard InChI is InChI=1S/C45H80NO11P/c1-3-5-7-8-9-10-11-12-13-14-15-16-17-18-19-20-26-30-45(51)57-39(37-56-58(52,53)55-34-33-46)36-54-44(50)29-25-22-21-24-28-40-41(43(49)35-42(40)48)32-31-38(47)27-23-6-4-2/h9-10,12-13,31-32,38-41,43,47,49H,3-8,11,14-30,33-37,46H2,1-2H3,(H,52,53)/b10-9-,13-12-,32-31+/t38-,39+,40+,41+,43+/m0/s1. The summed E-state index contributed by atoms with van der Waals surface area (Å²) in [5, 5.41) is 20.7. The lowest BCUT2D eigenvalue weighted by atomic mass is 9.88. The van der Waals surface area contributed by atoms with Crippen LogP contribution in [-0.4, -0.2) is 77.5 Å². The number of Topliss-reactive ketones (excluding diaryl/α,β-unsaturated/α-hetero) is 1. The normalized spacial score (nSPS) is 19.3. The lowest BCUT2D eigenvalue weighted by Crippen LogP contribution is -2.29. The molecule has 12 nitrogen and oxygen atoms in total. The van der Waals surface area contributed by atoms with Gasteiger partial charge < -0.3 is 30.3 Å². The van der Waals surface area contributed by atoms with Crippen LogP contribution in [-0.2, 0) is 37.5 Å². The van der Waals surface area contributed by atoms with E-state index >= 15 is 0 Å². The van der Waals surface area contributed by atoms with Gasteiger partial charge in [-0.25, -0.2) is 4.57 Å². The van der Waals surface area contributed by atoms with Gasteiger partial charge >= 0.3 is 19.8 Å². The van der Waals surface area contributed by atoms with Crippen LogP contribution >= 0.6 is 7.82 Å². The Kier molecular flexibility index (Phi) is 33.0. The monoisotopic (exact) mass is 842 g/mol. The van der Waals surface area contributed by atoms with Crippen molar-refractivity contribution >= 4 is 25.5 Å². The zero-order valence-corrected chi connectivity index (χ0v) is 36.9. The number of carbonyl (C=O) groups is 3. The fourth-order valence-corrected chi connectivity index (χ4v) is 7.74. The summed E-state index contributed by atoms with van der Waals surface area (Å²) in [4.78, 5) is 47.7. The second-order valence-corrected chi connectivity index (χ2v) is 17.1. The smallest absolute Gasteiger partial charge is 0.462 e. The average Bonchev–Trinajstić information content (AvgIpc) is 3.47. The summed E-state index contributed by atoms with van der Waals surface area (Å²) < 4.78 is 32.8. The summed E-state index contributed by atoms with van der Waals surface area (Å²) in [5.74, 6) is -1.52. The number of rotatable bonds is 38. The number of allylic oxidation sites excluding steroid dienone is 4. The number of ketones is 1. The first kappa shape index (κ1) is 53.8. The Balaban J connectivity index is 2.36. The summed E-state index contributed by atoms with van der Waals surface area (Å²) >= 11 is 0. The van der Waals surface area contributed by atoms with E-state index < -0.39 is 44.7 Å². The number of nitrogens with two attached hydrogens (primary N) is 1. The highest BCUT2D eigenvalue weighted by Crippen LogP contribution is 2.43. The van der Waals surface area contributed by atoms with Gasteiger partial charge in [0.05, 0.1) is 25.4 Å². The first-order valence-electron chi connectivity index (χ1n) is 22.6. The minimum atomic E-state index is -4.44. The van der Waals surface area contributed by atoms with Gasteiger partial charge in [-0.2, -0.15) is 0 Å². The van der Waals surface area contributed by atoms with Crippen LogP contribution in [0.2, 0.25) is 0 Å². The molecule has 0 saturated heterocycles. The van der Waals surface area contributed by atoms with Crippen molar-refractivity contribution in [2.24, 2.45) is 17.6 Å². The number of phosphoric ester groups is 1. The third-order valence-corrected chi connectivity index (χ3v) is 11.4. The van der Waals surface area contributed by atoms with E-state index in [2.05, 4.69) is 38.2 Å². The van der Waals surface area contributed by atoms with E-state index in [9.17, 15) is 34.1 Å². The number of unbranched alkanes of at least 4 members (excludes halogenated alkanes) is 15. The summed E-state index contributed by atoms with van der Waals surface area (Å²) in [7, 11) is -4.44. The summed E-state index contributed by atoms with van der Waals surface area (Å²) in [5.41, 5.74) is 5.35. The number of ether oxygens (including phenoxy) is 2. The van der Waals surface area contributed by atoms with Gasteiger partial charge in [-0.15, -0.1) is 0 Å². The molecule has 0 heterocycles. The minimum Gasteiger partial charge on any atom is -0.462 e. The Morgan fingerprint density at radius 1 is 0.793 bits per heavy atom. The molecule has 0 aromatic rings. The summed E-state index contributed by atoms with van der Waals surface area (Å²) in [6, 6.07) is 0. The second kappa shape index (κ2) is 35.6. The molecule has 1 fully saturated rings. The first-order chi connectivity index (χ1) is 28.0. The molecule has 1 unspecified atom stereocenters. The van der Waals surface area contributed by atoms with Crippen molar-refractivity contribution in [3.8, 4) is 0 Å². The number of hydrogen-bond donors (Lipinski definition) is 4. The highest BCUT2D eigenvalue weighted by Gasteiger charge is 2.39. The van der Waals surface area contributed by atoms with Crippen LogP contribution in [0.4, 0.5) is 0 Å². The molecule has 58 heavy (non-hydrogen) atoms. The molecule has 336 valence electrons. The van der Waals surface area contributed by atoms with E-state index in [1.807, 2.05) is 6.08 Å². The number of carbonyl (C=O) groups excluding carboxylic acids is 3. The Morgan fingerprint density at radius 3 is 2.03 bits per heavy atom. The van der Waals surface area contributed by atoms with E-state index in [0.29, 0.717) is 25.7 Å². The van der Waals surface area contributed by atoms with Crippen LogP contribution < -0.4 is 5.73 Å². The third kappa shape index (κ3) is 29.1. The van der Waals surface area contributed by atoms with Crippen LogP contribution in [0.15, 0.2) is 36.5 Å². The summed E-state index contributed by atoms with van der Waals surface area (Å²) in [6.45, 7) is 3.32. The van der Waals surface area contributed by atoms with Gasteiger partial charge in [0, 0.05) is 37.6 Å². The van der Waals surface area contributed by atoms with Gasteiger partial charge in [0.2, 0.25) is 0 Å². The van der Waals surface area contributed by atoms with Gasteiger partial charge in [0.15, 0.2) is 6.10 Å². The van der Waals surface area contributed by atoms with Gasteiger partial charge in [-0.05, 0) is 57.8 Å². The van der Waals surface area contributed by atoms with Crippen molar-refractivity contribution in [3.05, 3.63) is 36.5 Å². The molecule has 0 amide bonds. The molecule has 6 atom stereocenters. The highest BCUT2D eigenvalue weighted by atomic mass is 31.2. The van der Waals surface area contributed by atoms with E-state index in [1.54, 1.807) is 6.08 Å². The molecule has 0 aliphatic heterocycles. The quantitative estimate of drug-likeness (QED) is 0.0200. The molecule has 13 heteroatoms. The molecule has 0 aromatic heterocycles. The van der Waals surface area contributed by atoms with Crippen LogP contribution in [0, 0.1) is 11.8 Å². The lowest BCUT2D eigenvalue weighted by molar-refractivity contribution is -0.161. The SMILES string of the molecule is CCCCC/C=C\C/C=C\CCCCCCCCCC(=O)O[C@H](COC(=O)CCCCCC[C@H]1C(=O)C[C@@H](O)[C@@H]1/C=C/[C@@H](O)CCCCC)COP(=O)(O)OCCN. The van der Waals surface area contributed by atoms with Gasteiger partial charge in [-0.1, -0.05) is 134 Å². The lowest BCUT2D eigenvalue weighted by Gasteiger charge is -2.20. The van der Waals surface area contributed by atoms with Gasteiger partial charge in [0.25, 0.3) is 0 Å².